The van der Waals surface area contributed by atoms with Crippen molar-refractivity contribution in [3.8, 4) is 11.8 Å². The number of nitrogens with zero attached hydrogens (tertiary/aromatic N) is 3. The molecule has 0 fully saturated rings. The third-order valence-electron chi connectivity index (χ3n) is 1.86. The van der Waals surface area contributed by atoms with E-state index in [0.29, 0.717) is 17.7 Å². The SMILES string of the molecule is CCNc1nccc(Oc2cc(C)[nH]n2)n1. The number of aryl methyl sites for hydroxylation is 1. The summed E-state index contributed by atoms with van der Waals surface area (Å²) in [5, 5.41) is 9.76. The molecule has 2 N–H and O–H groups in total. The Morgan fingerprint density at radius 2 is 2.31 bits per heavy atom. The monoisotopic (exact) mass is 219 g/mol. The predicted molar refractivity (Wildman–Crippen MR) is 59.6 cm³/mol. The van der Waals surface area contributed by atoms with Gasteiger partial charge < -0.3 is 10.1 Å². The number of hydrogen-bond donors (Lipinski definition) is 2. The summed E-state index contributed by atoms with van der Waals surface area (Å²) >= 11 is 0. The number of anilines is 1. The van der Waals surface area contributed by atoms with Crippen LogP contribution in [0.25, 0.3) is 0 Å². The van der Waals surface area contributed by atoms with Crippen LogP contribution in [0.4, 0.5) is 5.95 Å². The zero-order valence-electron chi connectivity index (χ0n) is 9.19. The Labute approximate surface area is 93.1 Å². The molecule has 0 atom stereocenters. The lowest BCUT2D eigenvalue weighted by Gasteiger charge is -2.03. The second-order valence-electron chi connectivity index (χ2n) is 3.24. The van der Waals surface area contributed by atoms with Crippen LogP contribution >= 0.6 is 0 Å². The van der Waals surface area contributed by atoms with Crippen LogP contribution in [0.5, 0.6) is 11.8 Å². The Morgan fingerprint density at radius 1 is 1.44 bits per heavy atom. The van der Waals surface area contributed by atoms with Crippen molar-refractivity contribution in [3.05, 3.63) is 24.0 Å². The maximum atomic E-state index is 5.45. The number of aromatic amines is 1. The first-order valence-electron chi connectivity index (χ1n) is 5.04. The van der Waals surface area contributed by atoms with Crippen LogP contribution in [-0.2, 0) is 0 Å². The highest BCUT2D eigenvalue weighted by Gasteiger charge is 2.03. The molecule has 0 spiro atoms. The molecule has 0 amide bonds. The number of nitrogens with one attached hydrogen (secondary N) is 2. The van der Waals surface area contributed by atoms with Crippen LogP contribution in [0, 0.1) is 6.92 Å². The summed E-state index contributed by atoms with van der Waals surface area (Å²) < 4.78 is 5.45. The first-order chi connectivity index (χ1) is 7.78. The maximum Gasteiger partial charge on any atom is 0.240 e. The van der Waals surface area contributed by atoms with Gasteiger partial charge >= 0.3 is 0 Å². The van der Waals surface area contributed by atoms with Crippen molar-refractivity contribution in [2.24, 2.45) is 0 Å². The molecule has 2 aromatic rings. The molecule has 2 aromatic heterocycles. The Hall–Kier alpha value is -2.11. The van der Waals surface area contributed by atoms with E-state index < -0.39 is 0 Å². The van der Waals surface area contributed by atoms with Gasteiger partial charge in [0.15, 0.2) is 0 Å². The number of H-pyrrole nitrogens is 1. The van der Waals surface area contributed by atoms with Gasteiger partial charge in [0.25, 0.3) is 0 Å². The summed E-state index contributed by atoms with van der Waals surface area (Å²) in [6.45, 7) is 4.66. The number of hydrogen-bond acceptors (Lipinski definition) is 5. The fourth-order valence-corrected chi connectivity index (χ4v) is 1.19. The number of rotatable bonds is 4. The molecule has 6 nitrogen and oxygen atoms in total. The molecule has 0 saturated heterocycles. The van der Waals surface area contributed by atoms with E-state index in [1.165, 1.54) is 0 Å². The molecular weight excluding hydrogens is 206 g/mol. The molecule has 0 unspecified atom stereocenters. The molecule has 0 saturated carbocycles. The zero-order chi connectivity index (χ0) is 11.4. The summed E-state index contributed by atoms with van der Waals surface area (Å²) in [6.07, 6.45) is 1.64. The van der Waals surface area contributed by atoms with E-state index in [9.17, 15) is 0 Å². The largest absolute Gasteiger partial charge is 0.419 e. The van der Waals surface area contributed by atoms with Crippen LogP contribution in [0.15, 0.2) is 18.3 Å². The molecule has 0 aliphatic rings. The Bertz CT molecular complexity index is 468. The van der Waals surface area contributed by atoms with Crippen molar-refractivity contribution in [2.45, 2.75) is 13.8 Å². The zero-order valence-corrected chi connectivity index (χ0v) is 9.19. The molecule has 0 aliphatic heterocycles. The highest BCUT2D eigenvalue weighted by atomic mass is 16.5. The third kappa shape index (κ3) is 2.47. The quantitative estimate of drug-likeness (QED) is 0.819. The summed E-state index contributed by atoms with van der Waals surface area (Å²) in [5.41, 5.74) is 0.941. The van der Waals surface area contributed by atoms with Crippen molar-refractivity contribution in [2.75, 3.05) is 11.9 Å². The van der Waals surface area contributed by atoms with E-state index in [2.05, 4.69) is 25.5 Å². The minimum Gasteiger partial charge on any atom is -0.419 e. The van der Waals surface area contributed by atoms with Crippen LogP contribution in [-0.4, -0.2) is 26.7 Å². The minimum atomic E-state index is 0.470. The van der Waals surface area contributed by atoms with Crippen LogP contribution in [0.2, 0.25) is 0 Å². The molecule has 0 aliphatic carbocycles. The fourth-order valence-electron chi connectivity index (χ4n) is 1.19. The lowest BCUT2D eigenvalue weighted by atomic mass is 10.5. The van der Waals surface area contributed by atoms with E-state index in [4.69, 9.17) is 4.74 Å². The van der Waals surface area contributed by atoms with E-state index >= 15 is 0 Å². The highest BCUT2D eigenvalue weighted by Crippen LogP contribution is 2.17. The normalized spacial score (nSPS) is 10.1. The van der Waals surface area contributed by atoms with Gasteiger partial charge in [-0.2, -0.15) is 4.98 Å². The van der Waals surface area contributed by atoms with Crippen molar-refractivity contribution >= 4 is 5.95 Å². The first-order valence-corrected chi connectivity index (χ1v) is 5.04. The summed E-state index contributed by atoms with van der Waals surface area (Å²) in [6, 6.07) is 3.49. The van der Waals surface area contributed by atoms with E-state index in [1.807, 2.05) is 13.8 Å². The van der Waals surface area contributed by atoms with Gasteiger partial charge in [-0.15, -0.1) is 5.10 Å². The summed E-state index contributed by atoms with van der Waals surface area (Å²) in [5.74, 6) is 1.52. The predicted octanol–water partition coefficient (Wildman–Crippen LogP) is 1.73. The average Bonchev–Trinajstić information content (AvgIpc) is 2.65. The Kier molecular flexibility index (Phi) is 3.00. The molecule has 6 heteroatoms. The molecule has 84 valence electrons. The lowest BCUT2D eigenvalue weighted by molar-refractivity contribution is 0.443. The van der Waals surface area contributed by atoms with Gasteiger partial charge in [0.1, 0.15) is 0 Å². The second-order valence-corrected chi connectivity index (χ2v) is 3.24. The van der Waals surface area contributed by atoms with Gasteiger partial charge in [-0.1, -0.05) is 0 Å². The van der Waals surface area contributed by atoms with Gasteiger partial charge in [-0.05, 0) is 13.8 Å². The first kappa shape index (κ1) is 10.4. The topological polar surface area (TPSA) is 75.7 Å². The third-order valence-corrected chi connectivity index (χ3v) is 1.86. The van der Waals surface area contributed by atoms with Crippen molar-refractivity contribution in [1.82, 2.24) is 20.2 Å². The smallest absolute Gasteiger partial charge is 0.240 e. The van der Waals surface area contributed by atoms with Gasteiger partial charge in [-0.25, -0.2) is 4.98 Å². The Morgan fingerprint density at radius 3 is 3.00 bits per heavy atom. The van der Waals surface area contributed by atoms with E-state index in [-0.39, 0.29) is 0 Å². The molecular formula is C10H13N5O. The van der Waals surface area contributed by atoms with Gasteiger partial charge in [0, 0.05) is 30.6 Å². The molecule has 0 radical (unpaired) electrons. The van der Waals surface area contributed by atoms with Crippen molar-refractivity contribution in [3.63, 3.8) is 0 Å². The number of aromatic nitrogens is 4. The molecule has 2 rings (SSSR count). The minimum absolute atomic E-state index is 0.470. The van der Waals surface area contributed by atoms with E-state index in [1.54, 1.807) is 18.3 Å². The molecule has 2 heterocycles. The van der Waals surface area contributed by atoms with Crippen LogP contribution < -0.4 is 10.1 Å². The molecule has 0 bridgehead atoms. The van der Waals surface area contributed by atoms with Gasteiger partial charge in [-0.3, -0.25) is 5.10 Å². The second kappa shape index (κ2) is 4.61. The summed E-state index contributed by atoms with van der Waals surface area (Å²) in [4.78, 5) is 8.21. The van der Waals surface area contributed by atoms with E-state index in [0.717, 1.165) is 12.2 Å². The fraction of sp³-hybridized carbons (Fsp3) is 0.300. The highest BCUT2D eigenvalue weighted by molar-refractivity contribution is 5.29. The van der Waals surface area contributed by atoms with Gasteiger partial charge in [0.05, 0.1) is 0 Å². The average molecular weight is 219 g/mol. The van der Waals surface area contributed by atoms with Crippen LogP contribution in [0.3, 0.4) is 0 Å². The van der Waals surface area contributed by atoms with Crippen molar-refractivity contribution < 1.29 is 4.74 Å². The molecule has 0 aromatic carbocycles. The van der Waals surface area contributed by atoms with Crippen molar-refractivity contribution in [1.29, 1.82) is 0 Å². The Balaban J connectivity index is 2.12. The summed E-state index contributed by atoms with van der Waals surface area (Å²) in [7, 11) is 0. The lowest BCUT2D eigenvalue weighted by Crippen LogP contribution is -2.02. The maximum absolute atomic E-state index is 5.45. The number of ether oxygens (including phenoxy) is 1. The molecule has 16 heavy (non-hydrogen) atoms. The van der Waals surface area contributed by atoms with Crippen LogP contribution in [0.1, 0.15) is 12.6 Å². The van der Waals surface area contributed by atoms with Gasteiger partial charge in [0.2, 0.25) is 17.7 Å². The standard InChI is InChI=1S/C10H13N5O/c1-3-11-10-12-5-4-8(13-10)16-9-6-7(2)14-15-9/h4-6H,3H2,1-2H3,(H,14,15)(H,11,12,13).